The van der Waals surface area contributed by atoms with Gasteiger partial charge in [0.25, 0.3) is 5.89 Å². The van der Waals surface area contributed by atoms with Crippen LogP contribution in [0.5, 0.6) is 0 Å². The minimum atomic E-state index is -0.526. The smallest absolute Gasteiger partial charge is 0.319 e. The molecule has 9 heteroatoms. The number of nitrogens with zero attached hydrogens (tertiary/aromatic N) is 2. The van der Waals surface area contributed by atoms with Crippen molar-refractivity contribution in [1.82, 2.24) is 20.6 Å². The van der Waals surface area contributed by atoms with Crippen LogP contribution in [0.1, 0.15) is 67.1 Å². The number of rotatable bonds is 11. The fraction of sp³-hybridized carbons (Fsp3) is 0.344. The fourth-order valence-electron chi connectivity index (χ4n) is 5.53. The van der Waals surface area contributed by atoms with Gasteiger partial charge in [-0.1, -0.05) is 61.7 Å². The highest BCUT2D eigenvalue weighted by molar-refractivity contribution is 5.99. The highest BCUT2D eigenvalue weighted by atomic mass is 16.4. The molecule has 4 aromatic rings. The Bertz CT molecular complexity index is 1420. The monoisotopic (exact) mass is 553 g/mol. The van der Waals surface area contributed by atoms with E-state index < -0.39 is 5.92 Å². The maximum absolute atomic E-state index is 13.5. The second-order valence-electron chi connectivity index (χ2n) is 10.5. The molecule has 3 N–H and O–H groups in total. The van der Waals surface area contributed by atoms with Crippen molar-refractivity contribution in [3.05, 3.63) is 90.6 Å². The molecular formula is C32H35N5O4. The lowest BCUT2D eigenvalue weighted by molar-refractivity contribution is -0.121. The number of hydrogen-bond donors (Lipinski definition) is 3. The van der Waals surface area contributed by atoms with Crippen LogP contribution in [0.2, 0.25) is 0 Å². The molecule has 1 fully saturated rings. The number of amides is 3. The summed E-state index contributed by atoms with van der Waals surface area (Å²) in [7, 11) is 0. The summed E-state index contributed by atoms with van der Waals surface area (Å²) in [5.41, 5.74) is 2.62. The van der Waals surface area contributed by atoms with Gasteiger partial charge in [-0.05, 0) is 55.0 Å². The van der Waals surface area contributed by atoms with Crippen LogP contribution in [0.25, 0.3) is 11.1 Å². The Morgan fingerprint density at radius 2 is 1.71 bits per heavy atom. The minimum absolute atomic E-state index is 0.0626. The van der Waals surface area contributed by atoms with Gasteiger partial charge in [0, 0.05) is 25.2 Å². The molecule has 2 heterocycles. The average molecular weight is 554 g/mol. The lowest BCUT2D eigenvalue weighted by atomic mass is 9.82. The first-order chi connectivity index (χ1) is 20.1. The van der Waals surface area contributed by atoms with E-state index in [1.165, 1.54) is 6.42 Å². The number of oxazole rings is 1. The first-order valence-electron chi connectivity index (χ1n) is 14.3. The minimum Gasteiger partial charge on any atom is -0.434 e. The number of carbonyl (C=O) groups excluding carboxylic acids is 3. The van der Waals surface area contributed by atoms with Gasteiger partial charge in [0.2, 0.25) is 11.7 Å². The number of Topliss-reactive ketones (excluding diaryl/α,β-unsaturated/α-hetero) is 1. The highest BCUT2D eigenvalue weighted by Crippen LogP contribution is 2.29. The number of carbonyl (C=O) groups is 3. The van der Waals surface area contributed by atoms with Gasteiger partial charge < -0.3 is 20.4 Å². The van der Waals surface area contributed by atoms with Crippen LogP contribution in [-0.4, -0.2) is 40.3 Å². The van der Waals surface area contributed by atoms with Gasteiger partial charge in [0.15, 0.2) is 5.58 Å². The Kier molecular flexibility index (Phi) is 9.36. The zero-order valence-electron chi connectivity index (χ0n) is 22.9. The molecule has 41 heavy (non-hydrogen) atoms. The van der Waals surface area contributed by atoms with Gasteiger partial charge in [-0.25, -0.2) is 9.78 Å². The lowest BCUT2D eigenvalue weighted by Gasteiger charge is -2.30. The Morgan fingerprint density at radius 1 is 0.927 bits per heavy atom. The van der Waals surface area contributed by atoms with E-state index in [4.69, 9.17) is 4.42 Å². The van der Waals surface area contributed by atoms with Crippen LogP contribution in [0.15, 0.2) is 83.5 Å². The third-order valence-corrected chi connectivity index (χ3v) is 7.64. The van der Waals surface area contributed by atoms with Crippen molar-refractivity contribution in [3.63, 3.8) is 0 Å². The lowest BCUT2D eigenvalue weighted by Crippen LogP contribution is -2.46. The van der Waals surface area contributed by atoms with Crippen LogP contribution in [-0.2, 0) is 4.79 Å². The number of para-hydroxylation sites is 2. The molecule has 0 spiro atoms. The quantitative estimate of drug-likeness (QED) is 0.200. The van der Waals surface area contributed by atoms with E-state index in [0.717, 1.165) is 31.2 Å². The summed E-state index contributed by atoms with van der Waals surface area (Å²) in [4.78, 5) is 47.8. The van der Waals surface area contributed by atoms with E-state index in [9.17, 15) is 14.4 Å². The molecular weight excluding hydrogens is 518 g/mol. The molecule has 0 radical (unpaired) electrons. The number of benzene rings is 2. The number of anilines is 1. The molecule has 2 atom stereocenters. The zero-order valence-corrected chi connectivity index (χ0v) is 22.9. The van der Waals surface area contributed by atoms with Gasteiger partial charge in [-0.15, -0.1) is 0 Å². The summed E-state index contributed by atoms with van der Waals surface area (Å²) in [6.45, 7) is 0.295. The van der Waals surface area contributed by atoms with E-state index in [1.807, 2.05) is 42.5 Å². The van der Waals surface area contributed by atoms with E-state index >= 15 is 0 Å². The molecule has 1 saturated carbocycles. The van der Waals surface area contributed by atoms with Crippen LogP contribution in [0, 0.1) is 5.92 Å². The Hall–Kier alpha value is -4.53. The summed E-state index contributed by atoms with van der Waals surface area (Å²) in [5.74, 6) is -0.625. The van der Waals surface area contributed by atoms with Gasteiger partial charge in [0.05, 0.1) is 17.8 Å². The predicted octanol–water partition coefficient (Wildman–Crippen LogP) is 5.86. The molecule has 5 rings (SSSR count). The van der Waals surface area contributed by atoms with Crippen molar-refractivity contribution >= 4 is 34.5 Å². The normalized spacial score (nSPS) is 15.1. The zero-order chi connectivity index (χ0) is 28.4. The van der Waals surface area contributed by atoms with Crippen LogP contribution in [0.3, 0.4) is 0 Å². The number of fused-ring (bicyclic) bond motifs is 1. The van der Waals surface area contributed by atoms with Gasteiger partial charge in [0.1, 0.15) is 5.52 Å². The fourth-order valence-corrected chi connectivity index (χ4v) is 5.53. The SMILES string of the molecule is O=C(CC(NC(=O)Nc1cccnc1)C1CCCCC1)NCCC(C(=O)c1nc2ccccc2o1)c1ccccc1. The number of aromatic nitrogens is 2. The first kappa shape index (κ1) is 28.0. The second-order valence-corrected chi connectivity index (χ2v) is 10.5. The van der Waals surface area contributed by atoms with Gasteiger partial charge >= 0.3 is 6.03 Å². The average Bonchev–Trinajstić information content (AvgIpc) is 3.45. The standard InChI is InChI=1S/C32H35N5O4/c38-29(20-27(23-12-5-2-6-13-23)37-32(40)35-24-14-9-18-33-21-24)34-19-17-25(22-10-3-1-4-11-22)30(39)31-36-26-15-7-8-16-28(26)41-31/h1,3-4,7-11,14-16,18,21,23,25,27H,2,5-6,12-13,17,19-20H2,(H,34,38)(H2,35,37,40). The molecule has 2 unspecified atom stereocenters. The van der Waals surface area contributed by atoms with Crippen LogP contribution in [0.4, 0.5) is 10.5 Å². The number of hydrogen-bond acceptors (Lipinski definition) is 6. The van der Waals surface area contributed by atoms with E-state index in [-0.39, 0.29) is 42.0 Å². The highest BCUT2D eigenvalue weighted by Gasteiger charge is 2.29. The topological polar surface area (TPSA) is 126 Å². The van der Waals surface area contributed by atoms with Crippen molar-refractivity contribution in [3.8, 4) is 0 Å². The third kappa shape index (κ3) is 7.57. The van der Waals surface area contributed by atoms with E-state index in [0.29, 0.717) is 29.8 Å². The van der Waals surface area contributed by atoms with Crippen molar-refractivity contribution in [2.75, 3.05) is 11.9 Å². The molecule has 0 saturated heterocycles. The number of nitrogens with one attached hydrogen (secondary N) is 3. The maximum atomic E-state index is 13.5. The predicted molar refractivity (Wildman–Crippen MR) is 157 cm³/mol. The Balaban J connectivity index is 1.22. The second kappa shape index (κ2) is 13.7. The van der Waals surface area contributed by atoms with Crippen LogP contribution < -0.4 is 16.0 Å². The molecule has 212 valence electrons. The molecule has 1 aliphatic rings. The van der Waals surface area contributed by atoms with Crippen molar-refractivity contribution in [2.24, 2.45) is 5.92 Å². The first-order valence-corrected chi connectivity index (χ1v) is 14.3. The summed E-state index contributed by atoms with van der Waals surface area (Å²) < 4.78 is 5.76. The maximum Gasteiger partial charge on any atom is 0.319 e. The number of ketones is 1. The van der Waals surface area contributed by atoms with Crippen molar-refractivity contribution in [1.29, 1.82) is 0 Å². The number of urea groups is 1. The third-order valence-electron chi connectivity index (χ3n) is 7.64. The molecule has 1 aliphatic carbocycles. The summed E-state index contributed by atoms with van der Waals surface area (Å²) >= 11 is 0. The van der Waals surface area contributed by atoms with Crippen molar-refractivity contribution < 1.29 is 18.8 Å². The van der Waals surface area contributed by atoms with E-state index in [1.54, 1.807) is 36.7 Å². The van der Waals surface area contributed by atoms with Gasteiger partial charge in [-0.3, -0.25) is 14.6 Å². The Morgan fingerprint density at radius 3 is 2.46 bits per heavy atom. The molecule has 0 aliphatic heterocycles. The van der Waals surface area contributed by atoms with E-state index in [2.05, 4.69) is 25.9 Å². The molecule has 0 bridgehead atoms. The van der Waals surface area contributed by atoms with Crippen LogP contribution >= 0.6 is 0 Å². The molecule has 9 nitrogen and oxygen atoms in total. The Labute approximate surface area is 239 Å². The summed E-state index contributed by atoms with van der Waals surface area (Å²) in [6, 6.07) is 19.6. The van der Waals surface area contributed by atoms with Gasteiger partial charge in [-0.2, -0.15) is 0 Å². The molecule has 3 amide bonds. The largest absolute Gasteiger partial charge is 0.434 e. The summed E-state index contributed by atoms with van der Waals surface area (Å²) in [6.07, 6.45) is 9.06. The molecule has 2 aromatic carbocycles. The van der Waals surface area contributed by atoms with Crippen molar-refractivity contribution in [2.45, 2.75) is 56.9 Å². The summed E-state index contributed by atoms with van der Waals surface area (Å²) in [5, 5.41) is 8.82. The number of pyridine rings is 1. The molecule has 2 aromatic heterocycles.